The molecule has 1 N–H and O–H groups in total. The fourth-order valence-corrected chi connectivity index (χ4v) is 1.27. The van der Waals surface area contributed by atoms with Crippen molar-refractivity contribution >= 4 is 17.7 Å². The lowest BCUT2D eigenvalue weighted by molar-refractivity contribution is 0.281. The fourth-order valence-electron chi connectivity index (χ4n) is 1.15. The largest absolute Gasteiger partial charge is 0.392 e. The number of allylic oxidation sites excluding steroid dienone is 1. The quantitative estimate of drug-likeness (QED) is 0.765. The number of rotatable bonds is 4. The molecule has 0 amide bonds. The van der Waals surface area contributed by atoms with Crippen LogP contribution >= 0.6 is 11.6 Å². The van der Waals surface area contributed by atoms with E-state index in [2.05, 4.69) is 0 Å². The number of aliphatic hydroxyl groups is 1. The summed E-state index contributed by atoms with van der Waals surface area (Å²) in [5.41, 5.74) is 1.33. The monoisotopic (exact) mass is 214 g/mol. The molecule has 0 aliphatic carbocycles. The zero-order valence-corrected chi connectivity index (χ0v) is 8.47. The molecule has 76 valence electrons. The van der Waals surface area contributed by atoms with Crippen LogP contribution in [0.25, 0.3) is 6.08 Å². The summed E-state index contributed by atoms with van der Waals surface area (Å²) in [5, 5.41) is 8.85. The normalized spacial score (nSPS) is 11.1. The highest BCUT2D eigenvalue weighted by molar-refractivity contribution is 6.17. The number of aliphatic hydroxyl groups excluding tert-OH is 1. The van der Waals surface area contributed by atoms with Crippen molar-refractivity contribution in [3.8, 4) is 0 Å². The van der Waals surface area contributed by atoms with Crippen molar-refractivity contribution in [1.82, 2.24) is 0 Å². The molecule has 1 aromatic carbocycles. The molecule has 0 aliphatic rings. The van der Waals surface area contributed by atoms with E-state index in [1.165, 1.54) is 12.1 Å². The van der Waals surface area contributed by atoms with Crippen LogP contribution in [0.4, 0.5) is 4.39 Å². The van der Waals surface area contributed by atoms with Crippen molar-refractivity contribution in [2.75, 3.05) is 5.88 Å². The highest BCUT2D eigenvalue weighted by Crippen LogP contribution is 2.11. The van der Waals surface area contributed by atoms with Gasteiger partial charge in [-0.25, -0.2) is 4.39 Å². The van der Waals surface area contributed by atoms with E-state index >= 15 is 0 Å². The minimum Gasteiger partial charge on any atom is -0.392 e. The predicted molar refractivity (Wildman–Crippen MR) is 56.7 cm³/mol. The average Bonchev–Trinajstić information content (AvgIpc) is 2.17. The van der Waals surface area contributed by atoms with Gasteiger partial charge < -0.3 is 5.11 Å². The number of hydrogen-bond donors (Lipinski definition) is 1. The Bertz CT molecular complexity index is 323. The Labute approximate surface area is 87.8 Å². The number of hydrogen-bond acceptors (Lipinski definition) is 1. The van der Waals surface area contributed by atoms with Gasteiger partial charge >= 0.3 is 0 Å². The van der Waals surface area contributed by atoms with Crippen LogP contribution in [0.5, 0.6) is 0 Å². The maximum absolute atomic E-state index is 13.0. The standard InChI is InChI=1S/C11H12ClFO/c12-4-2-1-3-9-5-10(8-14)7-11(13)6-9/h1,3,5-7,14H,2,4,8H2. The smallest absolute Gasteiger partial charge is 0.124 e. The van der Waals surface area contributed by atoms with Gasteiger partial charge in [-0.1, -0.05) is 12.2 Å². The zero-order valence-electron chi connectivity index (χ0n) is 7.71. The van der Waals surface area contributed by atoms with Crippen LogP contribution in [0.3, 0.4) is 0 Å². The van der Waals surface area contributed by atoms with E-state index < -0.39 is 0 Å². The van der Waals surface area contributed by atoms with Crippen LogP contribution in [-0.2, 0) is 6.61 Å². The van der Waals surface area contributed by atoms with E-state index in [1.807, 2.05) is 6.08 Å². The topological polar surface area (TPSA) is 20.2 Å². The minimum atomic E-state index is -0.331. The summed E-state index contributed by atoms with van der Waals surface area (Å²) < 4.78 is 13.0. The molecule has 1 nitrogen and oxygen atoms in total. The molecule has 0 spiro atoms. The number of benzene rings is 1. The van der Waals surface area contributed by atoms with Crippen LogP contribution in [-0.4, -0.2) is 11.0 Å². The zero-order chi connectivity index (χ0) is 10.4. The Morgan fingerprint density at radius 3 is 2.79 bits per heavy atom. The first-order valence-corrected chi connectivity index (χ1v) is 4.92. The minimum absolute atomic E-state index is 0.145. The third kappa shape index (κ3) is 3.48. The van der Waals surface area contributed by atoms with Crippen molar-refractivity contribution in [2.45, 2.75) is 13.0 Å². The molecule has 0 unspecified atom stereocenters. The predicted octanol–water partition coefficient (Wildman–Crippen LogP) is 2.96. The molecule has 1 aromatic rings. The maximum atomic E-state index is 13.0. The first-order valence-electron chi connectivity index (χ1n) is 4.39. The first-order chi connectivity index (χ1) is 6.76. The van der Waals surface area contributed by atoms with Crippen LogP contribution in [0, 0.1) is 5.82 Å². The third-order valence-corrected chi connectivity index (χ3v) is 1.97. The van der Waals surface area contributed by atoms with Crippen molar-refractivity contribution in [3.05, 3.63) is 41.2 Å². The summed E-state index contributed by atoms with van der Waals surface area (Å²) in [6.45, 7) is -0.145. The summed E-state index contributed by atoms with van der Waals surface area (Å²) in [5.74, 6) is 0.223. The highest BCUT2D eigenvalue weighted by Gasteiger charge is 1.97. The summed E-state index contributed by atoms with van der Waals surface area (Å²) in [7, 11) is 0. The van der Waals surface area contributed by atoms with Gasteiger partial charge in [-0.05, 0) is 35.7 Å². The molecule has 0 atom stereocenters. The van der Waals surface area contributed by atoms with E-state index in [4.69, 9.17) is 16.7 Å². The van der Waals surface area contributed by atoms with E-state index in [0.717, 1.165) is 12.0 Å². The van der Waals surface area contributed by atoms with E-state index in [1.54, 1.807) is 12.1 Å². The van der Waals surface area contributed by atoms with Gasteiger partial charge in [0.15, 0.2) is 0 Å². The molecule has 0 saturated carbocycles. The molecule has 0 aromatic heterocycles. The Morgan fingerprint density at radius 2 is 2.14 bits per heavy atom. The Hall–Kier alpha value is -0.860. The van der Waals surface area contributed by atoms with Gasteiger partial charge in [0.1, 0.15) is 5.82 Å². The molecular weight excluding hydrogens is 203 g/mol. The Morgan fingerprint density at radius 1 is 1.36 bits per heavy atom. The van der Waals surface area contributed by atoms with Crippen molar-refractivity contribution in [1.29, 1.82) is 0 Å². The molecule has 14 heavy (non-hydrogen) atoms. The molecule has 3 heteroatoms. The van der Waals surface area contributed by atoms with Gasteiger partial charge in [-0.2, -0.15) is 0 Å². The van der Waals surface area contributed by atoms with Crippen LogP contribution in [0.1, 0.15) is 17.5 Å². The second-order valence-corrected chi connectivity index (χ2v) is 3.31. The van der Waals surface area contributed by atoms with Crippen molar-refractivity contribution in [3.63, 3.8) is 0 Å². The molecule has 1 rings (SSSR count). The molecule has 0 radical (unpaired) electrons. The molecule has 0 heterocycles. The molecule has 0 aliphatic heterocycles. The fraction of sp³-hybridized carbons (Fsp3) is 0.273. The van der Waals surface area contributed by atoms with Crippen LogP contribution in [0.15, 0.2) is 24.3 Å². The second-order valence-electron chi connectivity index (χ2n) is 2.93. The van der Waals surface area contributed by atoms with Gasteiger partial charge in [0.05, 0.1) is 6.61 Å². The Balaban J connectivity index is 2.81. The number of alkyl halides is 1. The molecule has 0 fully saturated rings. The van der Waals surface area contributed by atoms with E-state index in [9.17, 15) is 4.39 Å². The molecular formula is C11H12ClFO. The van der Waals surface area contributed by atoms with Crippen LogP contribution < -0.4 is 0 Å². The average molecular weight is 215 g/mol. The van der Waals surface area contributed by atoms with Crippen molar-refractivity contribution in [2.24, 2.45) is 0 Å². The summed E-state index contributed by atoms with van der Waals surface area (Å²) in [4.78, 5) is 0. The SMILES string of the molecule is OCc1cc(F)cc(C=CCCCl)c1. The summed E-state index contributed by atoms with van der Waals surface area (Å²) in [6, 6.07) is 4.48. The third-order valence-electron chi connectivity index (χ3n) is 1.75. The first kappa shape index (κ1) is 11.2. The van der Waals surface area contributed by atoms with Gasteiger partial charge in [0.25, 0.3) is 0 Å². The lowest BCUT2D eigenvalue weighted by Gasteiger charge is -1.99. The van der Waals surface area contributed by atoms with Crippen molar-refractivity contribution < 1.29 is 9.50 Å². The van der Waals surface area contributed by atoms with Gasteiger partial charge in [-0.15, -0.1) is 11.6 Å². The summed E-state index contributed by atoms with van der Waals surface area (Å²) in [6.07, 6.45) is 4.43. The lowest BCUT2D eigenvalue weighted by atomic mass is 10.1. The molecule has 0 saturated heterocycles. The van der Waals surface area contributed by atoms with E-state index in [0.29, 0.717) is 11.4 Å². The van der Waals surface area contributed by atoms with E-state index in [-0.39, 0.29) is 12.4 Å². The maximum Gasteiger partial charge on any atom is 0.124 e. The van der Waals surface area contributed by atoms with Gasteiger partial charge in [-0.3, -0.25) is 0 Å². The number of halogens is 2. The van der Waals surface area contributed by atoms with Crippen LogP contribution in [0.2, 0.25) is 0 Å². The lowest BCUT2D eigenvalue weighted by Crippen LogP contribution is -1.87. The van der Waals surface area contributed by atoms with Gasteiger partial charge in [0, 0.05) is 5.88 Å². The Kier molecular flexibility index (Phi) is 4.63. The summed E-state index contributed by atoms with van der Waals surface area (Å²) >= 11 is 5.49. The highest BCUT2D eigenvalue weighted by atomic mass is 35.5. The van der Waals surface area contributed by atoms with Gasteiger partial charge in [0.2, 0.25) is 0 Å². The second kappa shape index (κ2) is 5.78. The molecule has 0 bridgehead atoms.